The molecule has 0 aromatic heterocycles. The Hall–Kier alpha value is -0.540. The molecule has 2 atom stereocenters. The number of nitrogens with two attached hydrogens (primary N) is 1. The van der Waals surface area contributed by atoms with Crippen LogP contribution < -0.4 is 5.73 Å². The quantitative estimate of drug-likeness (QED) is 0.809. The maximum atomic E-state index is 13.2. The van der Waals surface area contributed by atoms with Crippen molar-refractivity contribution in [1.29, 1.82) is 0 Å². The lowest BCUT2D eigenvalue weighted by molar-refractivity contribution is 0.619. The van der Waals surface area contributed by atoms with E-state index in [-0.39, 0.29) is 11.9 Å². The van der Waals surface area contributed by atoms with Gasteiger partial charge in [-0.25, -0.2) is 4.39 Å². The molecule has 1 nitrogen and oxygen atoms in total. The standard InChI is InChI=1S/C14H22FNS/c1-9(2)11(4)17-14-6-5-13(15)8-12(14)7-10(3)16/h5-6,8-11H,7,16H2,1-4H3. The molecule has 1 aromatic rings. The molecule has 96 valence electrons. The Morgan fingerprint density at radius 2 is 1.88 bits per heavy atom. The smallest absolute Gasteiger partial charge is 0.123 e. The Balaban J connectivity index is 2.89. The molecule has 2 unspecified atom stereocenters. The lowest BCUT2D eigenvalue weighted by Gasteiger charge is -2.18. The van der Waals surface area contributed by atoms with E-state index < -0.39 is 0 Å². The Kier molecular flexibility index (Phi) is 5.47. The predicted molar refractivity (Wildman–Crippen MR) is 73.9 cm³/mol. The van der Waals surface area contributed by atoms with Crippen LogP contribution in [0.2, 0.25) is 0 Å². The van der Waals surface area contributed by atoms with Crippen molar-refractivity contribution in [3.63, 3.8) is 0 Å². The first-order valence-electron chi connectivity index (χ1n) is 6.10. The second-order valence-corrected chi connectivity index (χ2v) is 6.42. The largest absolute Gasteiger partial charge is 0.328 e. The summed E-state index contributed by atoms with van der Waals surface area (Å²) in [5.74, 6) is 0.426. The highest BCUT2D eigenvalue weighted by Gasteiger charge is 2.13. The fraction of sp³-hybridized carbons (Fsp3) is 0.571. The summed E-state index contributed by atoms with van der Waals surface area (Å²) in [5, 5.41) is 0.521. The second-order valence-electron chi connectivity index (χ2n) is 5.00. The maximum absolute atomic E-state index is 13.2. The fourth-order valence-electron chi connectivity index (χ4n) is 1.51. The Morgan fingerprint density at radius 3 is 2.41 bits per heavy atom. The highest BCUT2D eigenvalue weighted by molar-refractivity contribution is 8.00. The summed E-state index contributed by atoms with van der Waals surface area (Å²) in [5.41, 5.74) is 6.83. The van der Waals surface area contributed by atoms with Gasteiger partial charge in [0.15, 0.2) is 0 Å². The number of hydrogen-bond acceptors (Lipinski definition) is 2. The van der Waals surface area contributed by atoms with Crippen LogP contribution in [0, 0.1) is 11.7 Å². The summed E-state index contributed by atoms with van der Waals surface area (Å²) in [6.45, 7) is 8.55. The van der Waals surface area contributed by atoms with Crippen LogP contribution in [-0.4, -0.2) is 11.3 Å². The number of thioether (sulfide) groups is 1. The zero-order chi connectivity index (χ0) is 13.0. The SMILES string of the molecule is CC(N)Cc1cc(F)ccc1SC(C)C(C)C. The van der Waals surface area contributed by atoms with Crippen molar-refractivity contribution in [3.05, 3.63) is 29.6 Å². The van der Waals surface area contributed by atoms with Crippen LogP contribution in [0.4, 0.5) is 4.39 Å². The van der Waals surface area contributed by atoms with E-state index in [0.29, 0.717) is 11.2 Å². The first-order chi connectivity index (χ1) is 7.90. The van der Waals surface area contributed by atoms with Crippen LogP contribution >= 0.6 is 11.8 Å². The fourth-order valence-corrected chi connectivity index (χ4v) is 2.62. The van der Waals surface area contributed by atoms with Crippen molar-refractivity contribution >= 4 is 11.8 Å². The Bertz CT molecular complexity index is 363. The molecule has 0 spiro atoms. The van der Waals surface area contributed by atoms with Crippen molar-refractivity contribution in [1.82, 2.24) is 0 Å². The number of hydrogen-bond donors (Lipinski definition) is 1. The van der Waals surface area contributed by atoms with Gasteiger partial charge in [-0.15, -0.1) is 11.8 Å². The highest BCUT2D eigenvalue weighted by atomic mass is 32.2. The van der Waals surface area contributed by atoms with Gasteiger partial charge >= 0.3 is 0 Å². The molecule has 0 aliphatic carbocycles. The van der Waals surface area contributed by atoms with E-state index in [2.05, 4.69) is 20.8 Å². The molecule has 0 fully saturated rings. The third-order valence-corrected chi connectivity index (χ3v) is 4.38. The monoisotopic (exact) mass is 255 g/mol. The summed E-state index contributed by atoms with van der Waals surface area (Å²) in [6.07, 6.45) is 0.727. The topological polar surface area (TPSA) is 26.0 Å². The molecule has 0 aliphatic rings. The summed E-state index contributed by atoms with van der Waals surface area (Å²) in [7, 11) is 0. The molecule has 0 bridgehead atoms. The van der Waals surface area contributed by atoms with Gasteiger partial charge in [-0.3, -0.25) is 0 Å². The van der Waals surface area contributed by atoms with Gasteiger partial charge < -0.3 is 5.73 Å². The van der Waals surface area contributed by atoms with Crippen LogP contribution in [0.3, 0.4) is 0 Å². The zero-order valence-corrected chi connectivity index (χ0v) is 11.9. The van der Waals surface area contributed by atoms with E-state index in [4.69, 9.17) is 5.73 Å². The molecule has 1 rings (SSSR count). The molecule has 2 N–H and O–H groups in total. The van der Waals surface area contributed by atoms with Gasteiger partial charge in [0.1, 0.15) is 5.82 Å². The molecular formula is C14H22FNS. The van der Waals surface area contributed by atoms with Crippen molar-refractivity contribution in [2.45, 2.75) is 50.3 Å². The van der Waals surface area contributed by atoms with E-state index in [1.165, 1.54) is 6.07 Å². The third-order valence-electron chi connectivity index (χ3n) is 2.82. The molecule has 0 radical (unpaired) electrons. The van der Waals surface area contributed by atoms with Crippen molar-refractivity contribution < 1.29 is 4.39 Å². The van der Waals surface area contributed by atoms with Crippen LogP contribution in [0.15, 0.2) is 23.1 Å². The van der Waals surface area contributed by atoms with Crippen LogP contribution in [-0.2, 0) is 6.42 Å². The minimum atomic E-state index is -0.179. The van der Waals surface area contributed by atoms with Crippen molar-refractivity contribution in [2.75, 3.05) is 0 Å². The van der Waals surface area contributed by atoms with Gasteiger partial charge in [-0.1, -0.05) is 20.8 Å². The minimum Gasteiger partial charge on any atom is -0.328 e. The second kappa shape index (κ2) is 6.41. The lowest BCUT2D eigenvalue weighted by Crippen LogP contribution is -2.18. The first kappa shape index (κ1) is 14.5. The van der Waals surface area contributed by atoms with Crippen LogP contribution in [0.5, 0.6) is 0 Å². The summed E-state index contributed by atoms with van der Waals surface area (Å²) in [4.78, 5) is 1.16. The highest BCUT2D eigenvalue weighted by Crippen LogP contribution is 2.31. The molecule has 1 aromatic carbocycles. The van der Waals surface area contributed by atoms with Crippen LogP contribution in [0.1, 0.15) is 33.3 Å². The summed E-state index contributed by atoms with van der Waals surface area (Å²) in [6, 6.07) is 5.07. The molecule has 0 heterocycles. The van der Waals surface area contributed by atoms with E-state index in [1.54, 1.807) is 17.8 Å². The van der Waals surface area contributed by atoms with E-state index in [0.717, 1.165) is 16.9 Å². The van der Waals surface area contributed by atoms with Crippen molar-refractivity contribution in [3.8, 4) is 0 Å². The Labute approximate surface area is 108 Å². The normalized spacial score (nSPS) is 15.0. The molecule has 0 saturated heterocycles. The third kappa shape index (κ3) is 4.68. The average Bonchev–Trinajstić information content (AvgIpc) is 2.20. The number of halogens is 1. The van der Waals surface area contributed by atoms with Gasteiger partial charge in [0.05, 0.1) is 0 Å². The lowest BCUT2D eigenvalue weighted by atomic mass is 10.1. The molecule has 17 heavy (non-hydrogen) atoms. The van der Waals surface area contributed by atoms with Gasteiger partial charge in [0.2, 0.25) is 0 Å². The Morgan fingerprint density at radius 1 is 1.24 bits per heavy atom. The molecule has 0 saturated carbocycles. The molecule has 0 amide bonds. The van der Waals surface area contributed by atoms with E-state index >= 15 is 0 Å². The summed E-state index contributed by atoms with van der Waals surface area (Å²) < 4.78 is 13.2. The van der Waals surface area contributed by atoms with E-state index in [9.17, 15) is 4.39 Å². The number of rotatable bonds is 5. The predicted octanol–water partition coefficient (Wildman–Crippen LogP) is 3.85. The molecular weight excluding hydrogens is 233 g/mol. The average molecular weight is 255 g/mol. The van der Waals surface area contributed by atoms with Gasteiger partial charge in [0.25, 0.3) is 0 Å². The minimum absolute atomic E-state index is 0.0607. The zero-order valence-electron chi connectivity index (χ0n) is 11.0. The van der Waals surface area contributed by atoms with Gasteiger partial charge in [-0.05, 0) is 43.0 Å². The molecule has 0 aliphatic heterocycles. The maximum Gasteiger partial charge on any atom is 0.123 e. The number of benzene rings is 1. The van der Waals surface area contributed by atoms with E-state index in [1.807, 2.05) is 13.0 Å². The molecule has 3 heteroatoms. The first-order valence-corrected chi connectivity index (χ1v) is 6.98. The summed E-state index contributed by atoms with van der Waals surface area (Å²) >= 11 is 1.81. The van der Waals surface area contributed by atoms with Crippen LogP contribution in [0.25, 0.3) is 0 Å². The van der Waals surface area contributed by atoms with Crippen molar-refractivity contribution in [2.24, 2.45) is 11.7 Å². The van der Waals surface area contributed by atoms with Gasteiger partial charge in [-0.2, -0.15) is 0 Å². The van der Waals surface area contributed by atoms with Gasteiger partial charge in [0, 0.05) is 16.2 Å².